The van der Waals surface area contributed by atoms with Gasteiger partial charge in [0.1, 0.15) is 23.9 Å². The molecule has 0 aliphatic carbocycles. The molecular weight excluding hydrogens is 492 g/mol. The van der Waals surface area contributed by atoms with Crippen molar-refractivity contribution in [3.8, 4) is 17.1 Å². The average Bonchev–Trinajstić information content (AvgIpc) is 3.10. The van der Waals surface area contributed by atoms with Gasteiger partial charge in [0.2, 0.25) is 5.88 Å². The summed E-state index contributed by atoms with van der Waals surface area (Å²) in [5, 5.41) is 14.1. The number of halogens is 4. The van der Waals surface area contributed by atoms with Gasteiger partial charge in [-0.15, -0.1) is 0 Å². The number of aliphatic hydroxyl groups excluding tert-OH is 1. The smallest absolute Gasteiger partial charge is 0.418 e. The molecule has 0 radical (unpaired) electrons. The standard InChI is InChI=1S/C25H26F4N6O2/c1-10-11(2)32-22-18-17(10)20(26)21(13-6-16(30)31-12(3)19(13)25(27,28)29)33-23(18)37-7-15-14-4-5-24(9-36,34-14)8-35(15)22/h6,14-15,34,36H,4-5,7-9H2,1-3H3,(H2,30,31). The second-order valence-electron chi connectivity index (χ2n) is 10.3. The first-order chi connectivity index (χ1) is 17.4. The largest absolute Gasteiger partial charge is 0.475 e. The number of hydrogen-bond acceptors (Lipinski definition) is 8. The maximum Gasteiger partial charge on any atom is 0.418 e. The molecule has 4 N–H and O–H groups in total. The molecule has 3 unspecified atom stereocenters. The molecule has 0 spiro atoms. The number of nitrogens with two attached hydrogens (primary N) is 1. The number of aryl methyl sites for hydroxylation is 3. The first-order valence-corrected chi connectivity index (χ1v) is 12.1. The van der Waals surface area contributed by atoms with Crippen LogP contribution in [0, 0.1) is 26.6 Å². The molecular formula is C25H26F4N6O2. The number of pyridine rings is 3. The Morgan fingerprint density at radius 2 is 1.95 bits per heavy atom. The highest BCUT2D eigenvalue weighted by molar-refractivity contribution is 6.01. The zero-order valence-corrected chi connectivity index (χ0v) is 20.5. The van der Waals surface area contributed by atoms with Gasteiger partial charge in [-0.2, -0.15) is 13.2 Å². The minimum atomic E-state index is -4.81. The van der Waals surface area contributed by atoms with Gasteiger partial charge in [0.25, 0.3) is 0 Å². The second kappa shape index (κ2) is 7.87. The summed E-state index contributed by atoms with van der Waals surface area (Å²) in [7, 11) is 0. The lowest BCUT2D eigenvalue weighted by Crippen LogP contribution is -2.67. The Kier molecular flexibility index (Phi) is 5.13. The van der Waals surface area contributed by atoms with E-state index in [1.165, 1.54) is 6.92 Å². The maximum absolute atomic E-state index is 16.4. The van der Waals surface area contributed by atoms with Crippen molar-refractivity contribution in [2.24, 2.45) is 0 Å². The molecule has 8 nitrogen and oxygen atoms in total. The Morgan fingerprint density at radius 1 is 1.19 bits per heavy atom. The van der Waals surface area contributed by atoms with Gasteiger partial charge in [-0.25, -0.2) is 19.3 Å². The molecule has 3 aliphatic rings. The summed E-state index contributed by atoms with van der Waals surface area (Å²) < 4.78 is 64.7. The molecule has 6 rings (SSSR count). The summed E-state index contributed by atoms with van der Waals surface area (Å²) in [5.41, 5.74) is 3.83. The van der Waals surface area contributed by atoms with E-state index in [0.717, 1.165) is 18.9 Å². The van der Waals surface area contributed by atoms with E-state index in [1.807, 2.05) is 4.90 Å². The predicted octanol–water partition coefficient (Wildman–Crippen LogP) is 3.42. The van der Waals surface area contributed by atoms with Crippen LogP contribution in [0.5, 0.6) is 5.88 Å². The summed E-state index contributed by atoms with van der Waals surface area (Å²) in [6.45, 7) is 5.13. The van der Waals surface area contributed by atoms with Gasteiger partial charge in [-0.05, 0) is 45.2 Å². The number of piperazine rings is 1. The zero-order chi connectivity index (χ0) is 26.4. The van der Waals surface area contributed by atoms with Crippen LogP contribution in [0.3, 0.4) is 0 Å². The molecule has 3 atom stereocenters. The molecule has 12 heteroatoms. The van der Waals surface area contributed by atoms with Crippen LogP contribution in [0.25, 0.3) is 22.0 Å². The number of ether oxygens (including phenoxy) is 1. The van der Waals surface area contributed by atoms with Gasteiger partial charge in [0.05, 0.1) is 34.8 Å². The normalized spacial score (nSPS) is 24.7. The van der Waals surface area contributed by atoms with Gasteiger partial charge in [0.15, 0.2) is 5.82 Å². The van der Waals surface area contributed by atoms with E-state index >= 15 is 4.39 Å². The first kappa shape index (κ1) is 24.1. The number of fused-ring (bicyclic) bond motifs is 5. The Labute approximate surface area is 209 Å². The topological polar surface area (TPSA) is 109 Å². The fourth-order valence-corrected chi connectivity index (χ4v) is 6.13. The third-order valence-corrected chi connectivity index (χ3v) is 8.01. The summed E-state index contributed by atoms with van der Waals surface area (Å²) in [6, 6.07) is 0.820. The zero-order valence-electron chi connectivity index (χ0n) is 20.5. The van der Waals surface area contributed by atoms with E-state index in [9.17, 15) is 18.3 Å². The van der Waals surface area contributed by atoms with Crippen LogP contribution in [-0.4, -0.2) is 57.4 Å². The monoisotopic (exact) mass is 518 g/mol. The molecule has 2 fully saturated rings. The van der Waals surface area contributed by atoms with Crippen molar-refractivity contribution in [1.29, 1.82) is 0 Å². The van der Waals surface area contributed by atoms with Gasteiger partial charge in [-0.1, -0.05) is 0 Å². The fraction of sp³-hybridized carbons (Fsp3) is 0.480. The predicted molar refractivity (Wildman–Crippen MR) is 129 cm³/mol. The molecule has 2 saturated heterocycles. The summed E-state index contributed by atoms with van der Waals surface area (Å²) >= 11 is 0. The maximum atomic E-state index is 16.4. The van der Waals surface area contributed by atoms with Gasteiger partial charge in [-0.3, -0.25) is 0 Å². The Hall–Kier alpha value is -3.25. The molecule has 0 amide bonds. The van der Waals surface area contributed by atoms with Crippen molar-refractivity contribution in [2.45, 2.75) is 57.4 Å². The molecule has 2 bridgehead atoms. The molecule has 37 heavy (non-hydrogen) atoms. The molecule has 3 aromatic rings. The molecule has 3 aromatic heterocycles. The number of nitrogens with one attached hydrogen (secondary N) is 1. The van der Waals surface area contributed by atoms with Crippen LogP contribution in [-0.2, 0) is 6.18 Å². The van der Waals surface area contributed by atoms with Crippen LogP contribution in [0.15, 0.2) is 6.07 Å². The summed E-state index contributed by atoms with van der Waals surface area (Å²) in [5.74, 6) is -0.608. The minimum absolute atomic E-state index is 0.00235. The minimum Gasteiger partial charge on any atom is -0.475 e. The van der Waals surface area contributed by atoms with E-state index in [1.54, 1.807) is 13.8 Å². The Bertz CT molecular complexity index is 1460. The molecule has 0 saturated carbocycles. The SMILES string of the molecule is Cc1nc(N)cc(-c2nc3c4c(nc(C)c(C)c4c2F)N2CC4(CO)CCC(N4)C2CO3)c1C(F)(F)F. The van der Waals surface area contributed by atoms with Crippen molar-refractivity contribution < 1.29 is 27.4 Å². The number of rotatable bonds is 2. The second-order valence-corrected chi connectivity index (χ2v) is 10.3. The van der Waals surface area contributed by atoms with Crippen molar-refractivity contribution >= 4 is 22.4 Å². The number of nitrogen functional groups attached to an aromatic ring is 1. The molecule has 0 aromatic carbocycles. The lowest BCUT2D eigenvalue weighted by atomic mass is 9.95. The third kappa shape index (κ3) is 3.45. The van der Waals surface area contributed by atoms with Crippen LogP contribution >= 0.6 is 0 Å². The van der Waals surface area contributed by atoms with E-state index in [0.29, 0.717) is 29.0 Å². The van der Waals surface area contributed by atoms with E-state index in [-0.39, 0.29) is 48.1 Å². The van der Waals surface area contributed by atoms with E-state index < -0.39 is 34.4 Å². The van der Waals surface area contributed by atoms with Crippen LogP contribution < -0.4 is 20.7 Å². The molecule has 3 aliphatic heterocycles. The van der Waals surface area contributed by atoms with E-state index in [4.69, 9.17) is 15.5 Å². The lowest BCUT2D eigenvalue weighted by Gasteiger charge is -2.45. The van der Waals surface area contributed by atoms with Crippen molar-refractivity contribution in [2.75, 3.05) is 30.4 Å². The lowest BCUT2D eigenvalue weighted by molar-refractivity contribution is -0.137. The molecule has 6 heterocycles. The van der Waals surface area contributed by atoms with Crippen LogP contribution in [0.4, 0.5) is 29.2 Å². The average molecular weight is 519 g/mol. The Balaban J connectivity index is 1.65. The van der Waals surface area contributed by atoms with Crippen LogP contribution in [0.1, 0.15) is 35.4 Å². The summed E-state index contributed by atoms with van der Waals surface area (Å²) in [4.78, 5) is 14.9. The number of hydrogen-bond donors (Lipinski definition) is 3. The van der Waals surface area contributed by atoms with Crippen LogP contribution in [0.2, 0.25) is 0 Å². The Morgan fingerprint density at radius 3 is 2.65 bits per heavy atom. The summed E-state index contributed by atoms with van der Waals surface area (Å²) in [6.07, 6.45) is -3.22. The fourth-order valence-electron chi connectivity index (χ4n) is 6.13. The highest BCUT2D eigenvalue weighted by atomic mass is 19.4. The highest BCUT2D eigenvalue weighted by Crippen LogP contribution is 2.47. The van der Waals surface area contributed by atoms with Crippen molar-refractivity contribution in [3.63, 3.8) is 0 Å². The van der Waals surface area contributed by atoms with Gasteiger partial charge < -0.3 is 25.8 Å². The third-order valence-electron chi connectivity index (χ3n) is 8.01. The quantitative estimate of drug-likeness (QED) is 0.443. The number of aliphatic hydroxyl groups is 1. The van der Waals surface area contributed by atoms with Gasteiger partial charge >= 0.3 is 6.18 Å². The number of nitrogens with zero attached hydrogens (tertiary/aromatic N) is 4. The van der Waals surface area contributed by atoms with Crippen molar-refractivity contribution in [3.05, 3.63) is 34.4 Å². The molecule has 196 valence electrons. The van der Waals surface area contributed by atoms with Crippen molar-refractivity contribution in [1.82, 2.24) is 20.3 Å². The number of alkyl halides is 3. The van der Waals surface area contributed by atoms with Gasteiger partial charge in [0, 0.05) is 29.2 Å². The van der Waals surface area contributed by atoms with E-state index in [2.05, 4.69) is 15.3 Å². The highest BCUT2D eigenvalue weighted by Gasteiger charge is 2.51. The number of aromatic nitrogens is 3. The number of anilines is 2. The first-order valence-electron chi connectivity index (χ1n) is 12.1.